The molecule has 4 rings (SSSR count). The molecule has 2 amide bonds. The Hall–Kier alpha value is -3.47. The zero-order chi connectivity index (χ0) is 22.0. The fourth-order valence-electron chi connectivity index (χ4n) is 3.54. The first-order chi connectivity index (χ1) is 15.0. The van der Waals surface area contributed by atoms with Crippen LogP contribution in [0.3, 0.4) is 0 Å². The Morgan fingerprint density at radius 3 is 2.65 bits per heavy atom. The van der Waals surface area contributed by atoms with Gasteiger partial charge in [-0.2, -0.15) is 10.1 Å². The topological polar surface area (TPSA) is 112 Å². The smallest absolute Gasteiger partial charge is 0.276 e. The number of ether oxygens (including phenoxy) is 1. The number of rotatable bonds is 6. The third kappa shape index (κ3) is 3.96. The van der Waals surface area contributed by atoms with Crippen molar-refractivity contribution in [3.05, 3.63) is 35.8 Å². The minimum absolute atomic E-state index is 0.162. The van der Waals surface area contributed by atoms with Crippen LogP contribution in [0.1, 0.15) is 34.7 Å². The summed E-state index contributed by atoms with van der Waals surface area (Å²) < 4.78 is 7.06. The van der Waals surface area contributed by atoms with Gasteiger partial charge in [0.1, 0.15) is 5.69 Å². The molecule has 1 saturated heterocycles. The first kappa shape index (κ1) is 20.8. The summed E-state index contributed by atoms with van der Waals surface area (Å²) in [5.41, 5.74) is 1.69. The molecule has 1 N–H and O–H groups in total. The molecule has 0 bridgehead atoms. The van der Waals surface area contributed by atoms with E-state index in [0.717, 1.165) is 13.1 Å². The van der Waals surface area contributed by atoms with Crippen LogP contribution in [0.25, 0.3) is 5.65 Å². The molecule has 0 radical (unpaired) electrons. The van der Waals surface area contributed by atoms with Gasteiger partial charge in [0.15, 0.2) is 5.65 Å². The second-order valence-electron chi connectivity index (χ2n) is 7.20. The number of carbonyl (C=O) groups is 2. The Bertz CT molecular complexity index is 1080. The van der Waals surface area contributed by atoms with E-state index < -0.39 is 0 Å². The number of carbonyl (C=O) groups excluding carboxylic acids is 2. The molecule has 0 aromatic carbocycles. The van der Waals surface area contributed by atoms with Gasteiger partial charge in [0, 0.05) is 51.2 Å². The summed E-state index contributed by atoms with van der Waals surface area (Å²) in [6.07, 6.45) is 3.17. The van der Waals surface area contributed by atoms with E-state index in [-0.39, 0.29) is 23.1 Å². The van der Waals surface area contributed by atoms with Crippen molar-refractivity contribution in [2.45, 2.75) is 13.8 Å². The maximum Gasteiger partial charge on any atom is 0.276 e. The van der Waals surface area contributed by atoms with Gasteiger partial charge >= 0.3 is 0 Å². The first-order valence-corrected chi connectivity index (χ1v) is 10.3. The predicted octanol–water partition coefficient (Wildman–Crippen LogP) is 1.05. The lowest BCUT2D eigenvalue weighted by Gasteiger charge is -2.25. The van der Waals surface area contributed by atoms with Crippen LogP contribution >= 0.6 is 0 Å². The average Bonchev–Trinajstić information content (AvgIpc) is 3.46. The van der Waals surface area contributed by atoms with E-state index in [2.05, 4.69) is 25.2 Å². The highest BCUT2D eigenvalue weighted by Gasteiger charge is 2.26. The van der Waals surface area contributed by atoms with Crippen molar-refractivity contribution in [3.8, 4) is 0 Å². The number of hydrogen-bond donors (Lipinski definition) is 1. The minimum Gasteiger partial charge on any atom is -0.378 e. The molecule has 1 aliphatic rings. The van der Waals surface area contributed by atoms with Gasteiger partial charge in [0.25, 0.3) is 11.8 Å². The molecule has 1 fully saturated rings. The maximum absolute atomic E-state index is 13.1. The Kier molecular flexibility index (Phi) is 5.85. The first-order valence-electron chi connectivity index (χ1n) is 10.3. The third-order valence-electron chi connectivity index (χ3n) is 5.43. The number of aromatic amines is 1. The summed E-state index contributed by atoms with van der Waals surface area (Å²) in [5.74, 6) is 0.0546. The third-order valence-corrected chi connectivity index (χ3v) is 5.43. The van der Waals surface area contributed by atoms with Gasteiger partial charge < -0.3 is 19.4 Å². The molecule has 0 saturated carbocycles. The lowest BCUT2D eigenvalue weighted by molar-refractivity contribution is 0.0767. The Morgan fingerprint density at radius 2 is 1.94 bits per heavy atom. The highest BCUT2D eigenvalue weighted by Crippen LogP contribution is 2.20. The van der Waals surface area contributed by atoms with Gasteiger partial charge in [-0.05, 0) is 19.9 Å². The predicted molar refractivity (Wildman–Crippen MR) is 115 cm³/mol. The van der Waals surface area contributed by atoms with Crippen LogP contribution in [0.2, 0.25) is 0 Å². The highest BCUT2D eigenvalue weighted by molar-refractivity contribution is 6.11. The van der Waals surface area contributed by atoms with Crippen molar-refractivity contribution in [2.75, 3.05) is 56.2 Å². The summed E-state index contributed by atoms with van der Waals surface area (Å²) in [7, 11) is 1.65. The monoisotopic (exact) mass is 426 g/mol. The molecule has 3 aromatic heterocycles. The molecule has 164 valence electrons. The van der Waals surface area contributed by atoms with Crippen molar-refractivity contribution < 1.29 is 14.3 Å². The van der Waals surface area contributed by atoms with Crippen LogP contribution in [0.4, 0.5) is 11.6 Å². The molecule has 0 aliphatic carbocycles. The number of hydrogen-bond acceptors (Lipinski definition) is 7. The van der Waals surface area contributed by atoms with Gasteiger partial charge in [0.2, 0.25) is 5.95 Å². The van der Waals surface area contributed by atoms with Crippen molar-refractivity contribution >= 4 is 29.1 Å². The Balaban J connectivity index is 1.58. The van der Waals surface area contributed by atoms with E-state index in [1.807, 2.05) is 13.8 Å². The van der Waals surface area contributed by atoms with Crippen molar-refractivity contribution in [1.82, 2.24) is 29.7 Å². The number of nitrogens with one attached hydrogen (secondary N) is 1. The van der Waals surface area contributed by atoms with E-state index in [1.54, 1.807) is 34.8 Å². The zero-order valence-electron chi connectivity index (χ0n) is 17.9. The Morgan fingerprint density at radius 1 is 1.19 bits per heavy atom. The van der Waals surface area contributed by atoms with E-state index >= 15 is 0 Å². The lowest BCUT2D eigenvalue weighted by atomic mass is 10.2. The van der Waals surface area contributed by atoms with Crippen LogP contribution in [0.5, 0.6) is 0 Å². The minimum atomic E-state index is -0.356. The number of anilines is 2. The number of nitrogens with zero attached hydrogens (tertiary/aromatic N) is 7. The number of aromatic nitrogens is 5. The van der Waals surface area contributed by atoms with E-state index in [9.17, 15) is 9.59 Å². The molecule has 0 unspecified atom stereocenters. The SMILES string of the molecule is CCN(CC)C(=O)c1cn[nH]c1C(=O)N(C)c1ccn2nc(N3CCOCC3)nc2c1. The highest BCUT2D eigenvalue weighted by atomic mass is 16.5. The molecule has 11 nitrogen and oxygen atoms in total. The molecule has 3 aromatic rings. The van der Waals surface area contributed by atoms with E-state index in [1.165, 1.54) is 11.1 Å². The number of amides is 2. The van der Waals surface area contributed by atoms with Crippen LogP contribution in [-0.2, 0) is 4.74 Å². The van der Waals surface area contributed by atoms with Gasteiger partial charge in [-0.15, -0.1) is 5.10 Å². The Labute approximate surface area is 179 Å². The largest absolute Gasteiger partial charge is 0.378 e. The molecule has 0 spiro atoms. The van der Waals surface area contributed by atoms with Gasteiger partial charge in [0.05, 0.1) is 25.0 Å². The van der Waals surface area contributed by atoms with Crippen LogP contribution in [-0.4, -0.2) is 88.0 Å². The molecular formula is C20H26N8O3. The standard InChI is InChI=1S/C20H26N8O3/c1-4-26(5-2)18(29)15-13-21-23-17(15)19(30)25(3)14-6-7-28-16(12-14)22-20(24-28)27-8-10-31-11-9-27/h6-7,12-13H,4-5,8-11H2,1-3H3,(H,21,23). The maximum atomic E-state index is 13.1. The zero-order valence-corrected chi connectivity index (χ0v) is 17.9. The number of fused-ring (bicyclic) bond motifs is 1. The summed E-state index contributed by atoms with van der Waals surface area (Å²) >= 11 is 0. The molecule has 11 heteroatoms. The van der Waals surface area contributed by atoms with Crippen molar-refractivity contribution in [2.24, 2.45) is 0 Å². The van der Waals surface area contributed by atoms with Crippen LogP contribution in [0.15, 0.2) is 24.5 Å². The summed E-state index contributed by atoms with van der Waals surface area (Å²) in [5, 5.41) is 11.1. The normalized spacial score (nSPS) is 14.1. The number of H-pyrrole nitrogens is 1. The summed E-state index contributed by atoms with van der Waals surface area (Å²) in [4.78, 5) is 35.7. The van der Waals surface area contributed by atoms with Crippen LogP contribution < -0.4 is 9.80 Å². The number of morpholine rings is 1. The van der Waals surface area contributed by atoms with Crippen molar-refractivity contribution in [3.63, 3.8) is 0 Å². The quantitative estimate of drug-likeness (QED) is 0.627. The summed E-state index contributed by atoms with van der Waals surface area (Å²) in [6.45, 7) is 7.68. The molecule has 4 heterocycles. The van der Waals surface area contributed by atoms with Gasteiger partial charge in [-0.1, -0.05) is 0 Å². The van der Waals surface area contributed by atoms with E-state index in [4.69, 9.17) is 4.74 Å². The number of pyridine rings is 1. The molecule has 0 atom stereocenters. The molecule has 1 aliphatic heterocycles. The fourth-order valence-corrected chi connectivity index (χ4v) is 3.54. The van der Waals surface area contributed by atoms with Gasteiger partial charge in [-0.25, -0.2) is 4.52 Å². The lowest BCUT2D eigenvalue weighted by Crippen LogP contribution is -2.36. The van der Waals surface area contributed by atoms with Crippen molar-refractivity contribution in [1.29, 1.82) is 0 Å². The average molecular weight is 426 g/mol. The second kappa shape index (κ2) is 8.72. The fraction of sp³-hybridized carbons (Fsp3) is 0.450. The van der Waals surface area contributed by atoms with Crippen LogP contribution in [0, 0.1) is 0 Å². The van der Waals surface area contributed by atoms with E-state index in [0.29, 0.717) is 43.6 Å². The second-order valence-corrected chi connectivity index (χ2v) is 7.20. The molecular weight excluding hydrogens is 400 g/mol. The van der Waals surface area contributed by atoms with Gasteiger partial charge in [-0.3, -0.25) is 14.7 Å². The summed E-state index contributed by atoms with van der Waals surface area (Å²) in [6, 6.07) is 3.57. The molecule has 31 heavy (non-hydrogen) atoms.